The van der Waals surface area contributed by atoms with Crippen molar-refractivity contribution in [2.75, 3.05) is 31.2 Å². The smallest absolute Gasteiger partial charge is 0.139 e. The number of hydrogen-bond acceptors (Lipinski definition) is 3. The first-order valence-electron chi connectivity index (χ1n) is 5.58. The van der Waals surface area contributed by atoms with Crippen LogP contribution in [0.3, 0.4) is 0 Å². The molecule has 2 aromatic rings. The lowest BCUT2D eigenvalue weighted by Crippen LogP contribution is -2.36. The van der Waals surface area contributed by atoms with E-state index in [1.165, 1.54) is 11.1 Å². The molecule has 0 N–H and O–H groups in total. The highest BCUT2D eigenvalue weighted by Gasteiger charge is 2.12. The number of pyridine rings is 1. The average Bonchev–Trinajstić information content (AvgIpc) is 2.72. The van der Waals surface area contributed by atoms with Crippen LogP contribution < -0.4 is 4.90 Å². The van der Waals surface area contributed by atoms with Gasteiger partial charge in [0.15, 0.2) is 0 Å². The number of anilines is 1. The van der Waals surface area contributed by atoms with Gasteiger partial charge in [0, 0.05) is 31.7 Å². The van der Waals surface area contributed by atoms with Crippen molar-refractivity contribution in [3.8, 4) is 0 Å². The van der Waals surface area contributed by atoms with Crippen LogP contribution in [0.15, 0.2) is 24.5 Å². The summed E-state index contributed by atoms with van der Waals surface area (Å²) < 4.78 is 7.39. The summed E-state index contributed by atoms with van der Waals surface area (Å²) in [6, 6.07) is 4.31. The van der Waals surface area contributed by atoms with Gasteiger partial charge >= 0.3 is 0 Å². The molecule has 0 atom stereocenters. The molecule has 4 heteroatoms. The van der Waals surface area contributed by atoms with E-state index in [0.29, 0.717) is 0 Å². The number of aromatic nitrogens is 2. The Labute approximate surface area is 94.4 Å². The topological polar surface area (TPSA) is 30.3 Å². The molecule has 1 saturated heterocycles. The summed E-state index contributed by atoms with van der Waals surface area (Å²) in [7, 11) is 2.02. The molecule has 1 aliphatic rings. The Morgan fingerprint density at radius 1 is 1.31 bits per heavy atom. The van der Waals surface area contributed by atoms with Crippen molar-refractivity contribution in [2.45, 2.75) is 0 Å². The zero-order valence-corrected chi connectivity index (χ0v) is 9.39. The third-order valence-electron chi connectivity index (χ3n) is 3.07. The molecule has 1 fully saturated rings. The maximum atomic E-state index is 5.35. The minimum atomic E-state index is 0.812. The fourth-order valence-corrected chi connectivity index (χ4v) is 2.14. The van der Waals surface area contributed by atoms with Crippen molar-refractivity contribution in [3.63, 3.8) is 0 Å². The molecule has 84 valence electrons. The van der Waals surface area contributed by atoms with E-state index in [9.17, 15) is 0 Å². The average molecular weight is 217 g/mol. The van der Waals surface area contributed by atoms with Crippen LogP contribution in [0.2, 0.25) is 0 Å². The lowest BCUT2D eigenvalue weighted by Gasteiger charge is -2.28. The van der Waals surface area contributed by atoms with Crippen LogP contribution >= 0.6 is 0 Å². The van der Waals surface area contributed by atoms with Crippen LogP contribution in [-0.4, -0.2) is 35.9 Å². The summed E-state index contributed by atoms with van der Waals surface area (Å²) in [4.78, 5) is 6.82. The lowest BCUT2D eigenvalue weighted by atomic mass is 10.3. The van der Waals surface area contributed by atoms with Crippen molar-refractivity contribution >= 4 is 16.7 Å². The second-order valence-electron chi connectivity index (χ2n) is 4.13. The SMILES string of the molecule is Cn1ccc2cc(N3CCOCC3)cnc21. The Bertz CT molecular complexity index is 500. The van der Waals surface area contributed by atoms with Crippen LogP contribution in [-0.2, 0) is 11.8 Å². The molecule has 0 unspecified atom stereocenters. The predicted octanol–water partition coefficient (Wildman–Crippen LogP) is 1.41. The van der Waals surface area contributed by atoms with Crippen LogP contribution in [0.25, 0.3) is 11.0 Å². The first-order valence-corrected chi connectivity index (χ1v) is 5.58. The van der Waals surface area contributed by atoms with E-state index >= 15 is 0 Å². The van der Waals surface area contributed by atoms with Crippen LogP contribution in [0.4, 0.5) is 5.69 Å². The van der Waals surface area contributed by atoms with Crippen LogP contribution in [0.5, 0.6) is 0 Å². The number of morpholine rings is 1. The maximum absolute atomic E-state index is 5.35. The molecule has 2 aromatic heterocycles. The molecular weight excluding hydrogens is 202 g/mol. The van der Waals surface area contributed by atoms with Crippen molar-refractivity contribution in [1.29, 1.82) is 0 Å². The first-order chi connectivity index (χ1) is 7.84. The lowest BCUT2D eigenvalue weighted by molar-refractivity contribution is 0.122. The van der Waals surface area contributed by atoms with Gasteiger partial charge in [-0.3, -0.25) is 0 Å². The molecule has 1 aliphatic heterocycles. The van der Waals surface area contributed by atoms with Gasteiger partial charge in [-0.05, 0) is 12.1 Å². The molecule has 0 bridgehead atoms. The van der Waals surface area contributed by atoms with Crippen molar-refractivity contribution < 1.29 is 4.74 Å². The standard InChI is InChI=1S/C12H15N3O/c1-14-3-2-10-8-11(9-13-12(10)14)15-4-6-16-7-5-15/h2-3,8-9H,4-7H2,1H3. The van der Waals surface area contributed by atoms with Gasteiger partial charge in [-0.25, -0.2) is 4.98 Å². The Morgan fingerprint density at radius 3 is 2.94 bits per heavy atom. The highest BCUT2D eigenvalue weighted by atomic mass is 16.5. The highest BCUT2D eigenvalue weighted by Crippen LogP contribution is 2.20. The van der Waals surface area contributed by atoms with Crippen molar-refractivity contribution in [1.82, 2.24) is 9.55 Å². The number of aryl methyl sites for hydroxylation is 1. The highest BCUT2D eigenvalue weighted by molar-refractivity contribution is 5.79. The molecule has 4 nitrogen and oxygen atoms in total. The summed E-state index contributed by atoms with van der Waals surface area (Å²) in [6.45, 7) is 3.54. The van der Waals surface area contributed by atoms with E-state index in [-0.39, 0.29) is 0 Å². The van der Waals surface area contributed by atoms with E-state index in [4.69, 9.17) is 4.74 Å². The van der Waals surface area contributed by atoms with E-state index in [1.807, 2.05) is 24.0 Å². The molecule has 3 heterocycles. The predicted molar refractivity (Wildman–Crippen MR) is 63.7 cm³/mol. The van der Waals surface area contributed by atoms with Crippen molar-refractivity contribution in [3.05, 3.63) is 24.5 Å². The number of rotatable bonds is 1. The normalized spacial score (nSPS) is 16.9. The van der Waals surface area contributed by atoms with Gasteiger partial charge in [0.25, 0.3) is 0 Å². The number of ether oxygens (including phenoxy) is 1. The fourth-order valence-electron chi connectivity index (χ4n) is 2.14. The summed E-state index contributed by atoms with van der Waals surface area (Å²) in [5.74, 6) is 0. The Balaban J connectivity index is 1.97. The molecule has 16 heavy (non-hydrogen) atoms. The van der Waals surface area contributed by atoms with Gasteiger partial charge in [-0.15, -0.1) is 0 Å². The van der Waals surface area contributed by atoms with E-state index in [2.05, 4.69) is 22.0 Å². The maximum Gasteiger partial charge on any atom is 0.139 e. The Morgan fingerprint density at radius 2 is 2.12 bits per heavy atom. The zero-order chi connectivity index (χ0) is 11.0. The Hall–Kier alpha value is -1.55. The van der Waals surface area contributed by atoms with E-state index in [0.717, 1.165) is 32.0 Å². The third-order valence-corrected chi connectivity index (χ3v) is 3.07. The van der Waals surface area contributed by atoms with Gasteiger partial charge in [-0.1, -0.05) is 0 Å². The van der Waals surface area contributed by atoms with E-state index < -0.39 is 0 Å². The largest absolute Gasteiger partial charge is 0.378 e. The second kappa shape index (κ2) is 3.79. The molecular formula is C12H15N3O. The first kappa shape index (κ1) is 9.66. The number of fused-ring (bicyclic) bond motifs is 1. The van der Waals surface area contributed by atoms with Gasteiger partial charge < -0.3 is 14.2 Å². The van der Waals surface area contributed by atoms with Crippen LogP contribution in [0.1, 0.15) is 0 Å². The van der Waals surface area contributed by atoms with Gasteiger partial charge in [0.1, 0.15) is 5.65 Å². The summed E-state index contributed by atoms with van der Waals surface area (Å²) in [5, 5.41) is 1.20. The fraction of sp³-hybridized carbons (Fsp3) is 0.417. The van der Waals surface area contributed by atoms with E-state index in [1.54, 1.807) is 0 Å². The van der Waals surface area contributed by atoms with Gasteiger partial charge in [-0.2, -0.15) is 0 Å². The quantitative estimate of drug-likeness (QED) is 0.723. The molecule has 0 amide bonds. The molecule has 0 aliphatic carbocycles. The summed E-state index contributed by atoms with van der Waals surface area (Å²) in [6.07, 6.45) is 3.99. The molecule has 0 radical (unpaired) electrons. The Kier molecular flexibility index (Phi) is 2.29. The summed E-state index contributed by atoms with van der Waals surface area (Å²) in [5.41, 5.74) is 2.24. The minimum absolute atomic E-state index is 0.812. The van der Waals surface area contributed by atoms with Gasteiger partial charge in [0.2, 0.25) is 0 Å². The third kappa shape index (κ3) is 1.55. The molecule has 0 aromatic carbocycles. The monoisotopic (exact) mass is 217 g/mol. The minimum Gasteiger partial charge on any atom is -0.378 e. The van der Waals surface area contributed by atoms with Crippen molar-refractivity contribution in [2.24, 2.45) is 7.05 Å². The zero-order valence-electron chi connectivity index (χ0n) is 9.39. The molecule has 3 rings (SSSR count). The van der Waals surface area contributed by atoms with Gasteiger partial charge in [0.05, 0.1) is 25.1 Å². The molecule has 0 saturated carbocycles. The second-order valence-corrected chi connectivity index (χ2v) is 4.13. The number of nitrogens with zero attached hydrogens (tertiary/aromatic N) is 3. The van der Waals surface area contributed by atoms with Crippen LogP contribution in [0, 0.1) is 0 Å². The molecule has 0 spiro atoms. The number of hydrogen-bond donors (Lipinski definition) is 0. The summed E-state index contributed by atoms with van der Waals surface area (Å²) >= 11 is 0.